The smallest absolute Gasteiger partial charge is 0.161 e. The fraction of sp³-hybridized carbons (Fsp3) is 0.375. The van der Waals surface area contributed by atoms with E-state index in [-0.39, 0.29) is 0 Å². The van der Waals surface area contributed by atoms with Crippen LogP contribution in [0.25, 0.3) is 11.4 Å². The zero-order valence-electron chi connectivity index (χ0n) is 11.9. The highest BCUT2D eigenvalue weighted by molar-refractivity contribution is 5.57. The van der Waals surface area contributed by atoms with E-state index in [1.807, 2.05) is 6.07 Å². The van der Waals surface area contributed by atoms with Crippen LogP contribution < -0.4 is 5.73 Å². The van der Waals surface area contributed by atoms with Crippen LogP contribution >= 0.6 is 0 Å². The molecule has 1 aromatic carbocycles. The molecular weight excluding hydrogens is 234 g/mol. The molecule has 3 heteroatoms. The van der Waals surface area contributed by atoms with Crippen LogP contribution in [-0.4, -0.2) is 9.97 Å². The third-order valence-corrected chi connectivity index (χ3v) is 3.04. The summed E-state index contributed by atoms with van der Waals surface area (Å²) in [6.45, 7) is 6.49. The molecule has 0 saturated heterocycles. The first-order chi connectivity index (χ1) is 9.08. The largest absolute Gasteiger partial charge is 0.384 e. The third kappa shape index (κ3) is 3.53. The molecule has 0 spiro atoms. The first kappa shape index (κ1) is 13.5. The SMILES string of the molecule is CCc1ccc(-c2nc(N)cc(CC(C)C)n2)cc1. The molecule has 2 N–H and O–H groups in total. The van der Waals surface area contributed by atoms with Gasteiger partial charge in [-0.15, -0.1) is 0 Å². The topological polar surface area (TPSA) is 51.8 Å². The van der Waals surface area contributed by atoms with Gasteiger partial charge in [-0.2, -0.15) is 0 Å². The standard InChI is InChI=1S/C16H21N3/c1-4-12-5-7-13(8-6-12)16-18-14(9-11(2)3)10-15(17)19-16/h5-8,10-11H,4,9H2,1-3H3,(H2,17,18,19). The number of nitrogen functional groups attached to an aromatic ring is 1. The summed E-state index contributed by atoms with van der Waals surface area (Å²) in [6, 6.07) is 10.2. The lowest BCUT2D eigenvalue weighted by Crippen LogP contribution is -2.03. The fourth-order valence-electron chi connectivity index (χ4n) is 2.06. The van der Waals surface area contributed by atoms with Crippen LogP contribution in [0.2, 0.25) is 0 Å². The number of aryl methyl sites for hydroxylation is 1. The minimum atomic E-state index is 0.542. The van der Waals surface area contributed by atoms with Gasteiger partial charge in [0, 0.05) is 17.3 Å². The van der Waals surface area contributed by atoms with Crippen LogP contribution in [0.4, 0.5) is 5.82 Å². The Morgan fingerprint density at radius 2 is 1.79 bits per heavy atom. The monoisotopic (exact) mass is 255 g/mol. The van der Waals surface area contributed by atoms with E-state index in [1.54, 1.807) is 0 Å². The van der Waals surface area contributed by atoms with Crippen molar-refractivity contribution in [1.82, 2.24) is 9.97 Å². The molecule has 0 atom stereocenters. The number of nitrogens with two attached hydrogens (primary N) is 1. The molecule has 2 rings (SSSR count). The van der Waals surface area contributed by atoms with Gasteiger partial charge in [-0.25, -0.2) is 9.97 Å². The van der Waals surface area contributed by atoms with E-state index in [4.69, 9.17) is 5.73 Å². The summed E-state index contributed by atoms with van der Waals surface area (Å²) >= 11 is 0. The first-order valence-electron chi connectivity index (χ1n) is 6.81. The quantitative estimate of drug-likeness (QED) is 0.909. The summed E-state index contributed by atoms with van der Waals surface area (Å²) in [4.78, 5) is 8.94. The van der Waals surface area contributed by atoms with E-state index < -0.39 is 0 Å². The highest BCUT2D eigenvalue weighted by Crippen LogP contribution is 2.19. The van der Waals surface area contributed by atoms with Crippen molar-refractivity contribution < 1.29 is 0 Å². The molecular formula is C16H21N3. The Hall–Kier alpha value is -1.90. The maximum atomic E-state index is 5.88. The van der Waals surface area contributed by atoms with Crippen LogP contribution in [0.3, 0.4) is 0 Å². The number of aromatic nitrogens is 2. The van der Waals surface area contributed by atoms with E-state index >= 15 is 0 Å². The summed E-state index contributed by atoms with van der Waals surface area (Å²) in [5, 5.41) is 0. The second-order valence-electron chi connectivity index (χ2n) is 5.26. The summed E-state index contributed by atoms with van der Waals surface area (Å²) in [7, 11) is 0. The van der Waals surface area contributed by atoms with Crippen molar-refractivity contribution in [2.24, 2.45) is 5.92 Å². The van der Waals surface area contributed by atoms with Gasteiger partial charge in [-0.3, -0.25) is 0 Å². The van der Waals surface area contributed by atoms with Gasteiger partial charge < -0.3 is 5.73 Å². The fourth-order valence-corrected chi connectivity index (χ4v) is 2.06. The van der Waals surface area contributed by atoms with Gasteiger partial charge in [0.1, 0.15) is 5.82 Å². The molecule has 0 saturated carbocycles. The molecule has 0 fully saturated rings. The number of benzene rings is 1. The van der Waals surface area contributed by atoms with Gasteiger partial charge in [-0.05, 0) is 24.3 Å². The second-order valence-corrected chi connectivity index (χ2v) is 5.26. The van der Waals surface area contributed by atoms with Crippen molar-refractivity contribution in [3.05, 3.63) is 41.6 Å². The zero-order valence-corrected chi connectivity index (χ0v) is 11.9. The lowest BCUT2D eigenvalue weighted by Gasteiger charge is -2.08. The Balaban J connectivity index is 2.34. The van der Waals surface area contributed by atoms with Crippen molar-refractivity contribution in [3.63, 3.8) is 0 Å². The number of rotatable bonds is 4. The summed E-state index contributed by atoms with van der Waals surface area (Å²) in [6.07, 6.45) is 1.96. The number of nitrogens with zero attached hydrogens (tertiary/aromatic N) is 2. The molecule has 19 heavy (non-hydrogen) atoms. The van der Waals surface area contributed by atoms with E-state index in [9.17, 15) is 0 Å². The van der Waals surface area contributed by atoms with Gasteiger partial charge in [0.2, 0.25) is 0 Å². The molecule has 0 aliphatic carbocycles. The summed E-state index contributed by atoms with van der Waals surface area (Å²) in [5.41, 5.74) is 9.23. The lowest BCUT2D eigenvalue weighted by molar-refractivity contribution is 0.635. The predicted molar refractivity (Wildman–Crippen MR) is 79.8 cm³/mol. The molecule has 2 aromatic rings. The zero-order chi connectivity index (χ0) is 13.8. The summed E-state index contributed by atoms with van der Waals surface area (Å²) in [5.74, 6) is 1.82. The van der Waals surface area contributed by atoms with Gasteiger partial charge in [0.25, 0.3) is 0 Å². The van der Waals surface area contributed by atoms with E-state index in [0.717, 1.165) is 29.9 Å². The maximum Gasteiger partial charge on any atom is 0.161 e. The minimum Gasteiger partial charge on any atom is -0.384 e. The predicted octanol–water partition coefficient (Wildman–Crippen LogP) is 3.49. The molecule has 1 aromatic heterocycles. The highest BCUT2D eigenvalue weighted by Gasteiger charge is 2.07. The molecule has 3 nitrogen and oxygen atoms in total. The van der Waals surface area contributed by atoms with Crippen LogP contribution in [-0.2, 0) is 12.8 Å². The third-order valence-electron chi connectivity index (χ3n) is 3.04. The Labute approximate surface area is 114 Å². The molecule has 0 amide bonds. The van der Waals surface area contributed by atoms with E-state index in [0.29, 0.717) is 11.7 Å². The van der Waals surface area contributed by atoms with Crippen LogP contribution in [0.5, 0.6) is 0 Å². The van der Waals surface area contributed by atoms with Crippen molar-refractivity contribution in [3.8, 4) is 11.4 Å². The van der Waals surface area contributed by atoms with Crippen LogP contribution in [0, 0.1) is 5.92 Å². The van der Waals surface area contributed by atoms with Crippen molar-refractivity contribution >= 4 is 5.82 Å². The first-order valence-corrected chi connectivity index (χ1v) is 6.81. The molecule has 0 aliphatic rings. The molecule has 1 heterocycles. The Kier molecular flexibility index (Phi) is 4.15. The normalized spacial score (nSPS) is 10.9. The van der Waals surface area contributed by atoms with Crippen molar-refractivity contribution in [2.75, 3.05) is 5.73 Å². The Morgan fingerprint density at radius 1 is 1.11 bits per heavy atom. The molecule has 0 radical (unpaired) electrons. The van der Waals surface area contributed by atoms with Crippen LogP contribution in [0.1, 0.15) is 32.0 Å². The lowest BCUT2D eigenvalue weighted by atomic mass is 10.1. The minimum absolute atomic E-state index is 0.542. The Bertz CT molecular complexity index is 544. The van der Waals surface area contributed by atoms with E-state index in [1.165, 1.54) is 5.56 Å². The summed E-state index contributed by atoms with van der Waals surface area (Å²) < 4.78 is 0. The van der Waals surface area contributed by atoms with Gasteiger partial charge in [0.15, 0.2) is 5.82 Å². The Morgan fingerprint density at radius 3 is 2.37 bits per heavy atom. The molecule has 0 unspecified atom stereocenters. The number of hydrogen-bond donors (Lipinski definition) is 1. The van der Waals surface area contributed by atoms with Gasteiger partial charge >= 0.3 is 0 Å². The molecule has 0 bridgehead atoms. The van der Waals surface area contributed by atoms with Crippen LogP contribution in [0.15, 0.2) is 30.3 Å². The second kappa shape index (κ2) is 5.83. The average Bonchev–Trinajstić information content (AvgIpc) is 2.37. The van der Waals surface area contributed by atoms with Gasteiger partial charge in [-0.1, -0.05) is 45.0 Å². The van der Waals surface area contributed by atoms with Crippen molar-refractivity contribution in [2.45, 2.75) is 33.6 Å². The average molecular weight is 255 g/mol. The van der Waals surface area contributed by atoms with Gasteiger partial charge in [0.05, 0.1) is 0 Å². The molecule has 100 valence electrons. The molecule has 0 aliphatic heterocycles. The van der Waals surface area contributed by atoms with E-state index in [2.05, 4.69) is 55.0 Å². The van der Waals surface area contributed by atoms with Crippen molar-refractivity contribution in [1.29, 1.82) is 0 Å². The maximum absolute atomic E-state index is 5.88. The number of hydrogen-bond acceptors (Lipinski definition) is 3. The highest BCUT2D eigenvalue weighted by atomic mass is 14.9. The number of anilines is 1.